The van der Waals surface area contributed by atoms with Crippen LogP contribution in [0.15, 0.2) is 176 Å². The van der Waals surface area contributed by atoms with Crippen LogP contribution in [0.25, 0.3) is 78.9 Å². The molecule has 0 unspecified atom stereocenters. The fourth-order valence-electron chi connectivity index (χ4n) is 5.92. The maximum Gasteiger partial charge on any atom is 0.164 e. The summed E-state index contributed by atoms with van der Waals surface area (Å²) in [5.41, 5.74) is 11.7. The van der Waals surface area contributed by atoms with Crippen LogP contribution < -0.4 is 0 Å². The third-order valence-electron chi connectivity index (χ3n) is 8.60. The molecule has 8 rings (SSSR count). The van der Waals surface area contributed by atoms with Crippen LogP contribution >= 0.6 is 0 Å². The summed E-state index contributed by atoms with van der Waals surface area (Å²) in [5, 5.41) is 9.26. The SMILES string of the molecule is N#Cc1ccc(-c2nc(-c3ccccc3)nc(-c3ccc(-c4ccc(-c5cc(-c6ccccc6)cc(-c6ccccc6)n5)cc4)cc3)n2)cc1. The van der Waals surface area contributed by atoms with E-state index in [1.807, 2.05) is 78.9 Å². The molecule has 0 spiro atoms. The van der Waals surface area contributed by atoms with Crippen molar-refractivity contribution in [3.05, 3.63) is 181 Å². The van der Waals surface area contributed by atoms with E-state index in [0.29, 0.717) is 23.0 Å². The number of pyridine rings is 1. The van der Waals surface area contributed by atoms with Crippen LogP contribution in [0.2, 0.25) is 0 Å². The molecule has 2 heterocycles. The maximum atomic E-state index is 9.26. The molecule has 0 aliphatic rings. The Balaban J connectivity index is 1.11. The van der Waals surface area contributed by atoms with Gasteiger partial charge in [-0.2, -0.15) is 5.26 Å². The molecule has 5 nitrogen and oxygen atoms in total. The lowest BCUT2D eigenvalue weighted by atomic mass is 9.98. The minimum atomic E-state index is 0.554. The van der Waals surface area contributed by atoms with Crippen LogP contribution in [0.4, 0.5) is 0 Å². The van der Waals surface area contributed by atoms with Gasteiger partial charge in [0.2, 0.25) is 0 Å². The minimum absolute atomic E-state index is 0.554. The number of rotatable bonds is 7. The fourth-order valence-corrected chi connectivity index (χ4v) is 5.92. The van der Waals surface area contributed by atoms with Crippen molar-refractivity contribution < 1.29 is 0 Å². The van der Waals surface area contributed by atoms with Crippen LogP contribution in [0, 0.1) is 11.3 Å². The molecule has 6 aromatic carbocycles. The van der Waals surface area contributed by atoms with Crippen molar-refractivity contribution in [2.24, 2.45) is 0 Å². The second-order valence-corrected chi connectivity index (χ2v) is 11.9. The van der Waals surface area contributed by atoms with Gasteiger partial charge in [0.05, 0.1) is 23.0 Å². The van der Waals surface area contributed by atoms with Gasteiger partial charge in [-0.1, -0.05) is 140 Å². The molecule has 8 aromatic rings. The minimum Gasteiger partial charge on any atom is -0.248 e. The van der Waals surface area contributed by atoms with E-state index in [9.17, 15) is 5.26 Å². The van der Waals surface area contributed by atoms with E-state index in [1.54, 1.807) is 12.1 Å². The standard InChI is InChI=1S/C45H29N5/c46-30-31-16-18-38(19-17-31)44-48-43(37-14-8-3-9-15-37)49-45(50-44)39-26-22-34(23-27-39)33-20-24-36(25-21-33)42-29-40(32-10-4-1-5-11-32)28-41(47-42)35-12-6-2-7-13-35/h1-29H. The van der Waals surface area contributed by atoms with Crippen molar-refractivity contribution >= 4 is 0 Å². The summed E-state index contributed by atoms with van der Waals surface area (Å²) in [6.45, 7) is 0. The summed E-state index contributed by atoms with van der Waals surface area (Å²) in [6, 6.07) is 61.3. The summed E-state index contributed by atoms with van der Waals surface area (Å²) in [4.78, 5) is 19.6. The predicted octanol–water partition coefficient (Wildman–Crippen LogP) is 10.8. The van der Waals surface area contributed by atoms with Gasteiger partial charge in [0.15, 0.2) is 17.5 Å². The Bertz CT molecular complexity index is 2380. The third kappa shape index (κ3) is 6.42. The summed E-state index contributed by atoms with van der Waals surface area (Å²) >= 11 is 0. The van der Waals surface area contributed by atoms with Crippen LogP contribution in [0.3, 0.4) is 0 Å². The predicted molar refractivity (Wildman–Crippen MR) is 200 cm³/mol. The molecule has 0 fully saturated rings. The molecule has 50 heavy (non-hydrogen) atoms. The Morgan fingerprint density at radius 2 is 0.620 bits per heavy atom. The first-order valence-corrected chi connectivity index (χ1v) is 16.4. The van der Waals surface area contributed by atoms with Crippen LogP contribution in [0.1, 0.15) is 5.56 Å². The van der Waals surface area contributed by atoms with E-state index < -0.39 is 0 Å². The summed E-state index contributed by atoms with van der Waals surface area (Å²) in [7, 11) is 0. The molecule has 234 valence electrons. The highest BCUT2D eigenvalue weighted by Crippen LogP contribution is 2.32. The van der Waals surface area contributed by atoms with Gasteiger partial charge in [-0.3, -0.25) is 0 Å². The van der Waals surface area contributed by atoms with Gasteiger partial charge in [0.25, 0.3) is 0 Å². The second-order valence-electron chi connectivity index (χ2n) is 11.9. The van der Waals surface area contributed by atoms with Gasteiger partial charge < -0.3 is 0 Å². The van der Waals surface area contributed by atoms with Crippen LogP contribution in [-0.4, -0.2) is 19.9 Å². The zero-order chi connectivity index (χ0) is 33.7. The molecule has 0 aliphatic heterocycles. The van der Waals surface area contributed by atoms with Crippen molar-refractivity contribution in [2.45, 2.75) is 0 Å². The van der Waals surface area contributed by atoms with E-state index in [1.165, 1.54) is 0 Å². The molecular formula is C45H29N5. The van der Waals surface area contributed by atoms with Crippen molar-refractivity contribution in [1.29, 1.82) is 5.26 Å². The molecular weight excluding hydrogens is 611 g/mol. The smallest absolute Gasteiger partial charge is 0.164 e. The molecule has 0 amide bonds. The van der Waals surface area contributed by atoms with Crippen molar-refractivity contribution in [2.75, 3.05) is 0 Å². The van der Waals surface area contributed by atoms with Gasteiger partial charge in [0, 0.05) is 27.8 Å². The Labute approximate surface area is 290 Å². The fraction of sp³-hybridized carbons (Fsp3) is 0. The monoisotopic (exact) mass is 639 g/mol. The van der Waals surface area contributed by atoms with E-state index in [2.05, 4.69) is 91.0 Å². The van der Waals surface area contributed by atoms with Gasteiger partial charge in [-0.05, 0) is 58.7 Å². The summed E-state index contributed by atoms with van der Waals surface area (Å²) in [5.74, 6) is 1.73. The molecule has 0 saturated carbocycles. The second kappa shape index (κ2) is 13.6. The van der Waals surface area contributed by atoms with Crippen molar-refractivity contribution in [3.8, 4) is 85.0 Å². The molecule has 5 heteroatoms. The lowest BCUT2D eigenvalue weighted by Gasteiger charge is -2.11. The highest BCUT2D eigenvalue weighted by Gasteiger charge is 2.13. The molecule has 0 N–H and O–H groups in total. The largest absolute Gasteiger partial charge is 0.248 e. The van der Waals surface area contributed by atoms with Crippen LogP contribution in [0.5, 0.6) is 0 Å². The maximum absolute atomic E-state index is 9.26. The highest BCUT2D eigenvalue weighted by atomic mass is 15.0. The zero-order valence-corrected chi connectivity index (χ0v) is 27.0. The first-order chi connectivity index (χ1) is 24.7. The number of hydrogen-bond donors (Lipinski definition) is 0. The van der Waals surface area contributed by atoms with Crippen LogP contribution in [-0.2, 0) is 0 Å². The first kappa shape index (κ1) is 30.3. The van der Waals surface area contributed by atoms with E-state index in [0.717, 1.165) is 61.5 Å². The quantitative estimate of drug-likeness (QED) is 0.173. The number of benzene rings is 6. The lowest BCUT2D eigenvalue weighted by Crippen LogP contribution is -2.00. The molecule has 0 atom stereocenters. The normalized spacial score (nSPS) is 10.8. The van der Waals surface area contributed by atoms with E-state index >= 15 is 0 Å². The average molecular weight is 640 g/mol. The zero-order valence-electron chi connectivity index (χ0n) is 27.0. The van der Waals surface area contributed by atoms with Crippen molar-refractivity contribution in [3.63, 3.8) is 0 Å². The molecule has 0 bridgehead atoms. The summed E-state index contributed by atoms with van der Waals surface area (Å²) < 4.78 is 0. The third-order valence-corrected chi connectivity index (χ3v) is 8.60. The molecule has 0 radical (unpaired) electrons. The summed E-state index contributed by atoms with van der Waals surface area (Å²) in [6.07, 6.45) is 0. The Hall–Kier alpha value is -7.03. The number of nitriles is 1. The van der Waals surface area contributed by atoms with Gasteiger partial charge in [0.1, 0.15) is 0 Å². The highest BCUT2D eigenvalue weighted by molar-refractivity contribution is 5.78. The average Bonchev–Trinajstić information content (AvgIpc) is 3.21. The van der Waals surface area contributed by atoms with Gasteiger partial charge in [-0.25, -0.2) is 19.9 Å². The Morgan fingerprint density at radius 1 is 0.300 bits per heavy atom. The number of hydrogen-bond acceptors (Lipinski definition) is 5. The van der Waals surface area contributed by atoms with Gasteiger partial charge >= 0.3 is 0 Å². The van der Waals surface area contributed by atoms with Gasteiger partial charge in [-0.15, -0.1) is 0 Å². The molecule has 0 saturated heterocycles. The molecule has 2 aromatic heterocycles. The van der Waals surface area contributed by atoms with E-state index in [4.69, 9.17) is 19.9 Å². The van der Waals surface area contributed by atoms with E-state index in [-0.39, 0.29) is 0 Å². The number of nitrogens with zero attached hydrogens (tertiary/aromatic N) is 5. The lowest BCUT2D eigenvalue weighted by molar-refractivity contribution is 1.07. The Kier molecular flexibility index (Phi) is 8.25. The molecule has 0 aliphatic carbocycles. The topological polar surface area (TPSA) is 75.3 Å². The Morgan fingerprint density at radius 3 is 1.08 bits per heavy atom. The van der Waals surface area contributed by atoms with Crippen molar-refractivity contribution in [1.82, 2.24) is 19.9 Å². The number of aromatic nitrogens is 4. The first-order valence-electron chi connectivity index (χ1n) is 16.4.